The summed E-state index contributed by atoms with van der Waals surface area (Å²) in [5.74, 6) is 2.23. The molecular formula is C23H26N4O2. The van der Waals surface area contributed by atoms with E-state index in [0.29, 0.717) is 19.2 Å². The topological polar surface area (TPSA) is 59.5 Å². The van der Waals surface area contributed by atoms with E-state index in [1.54, 1.807) is 0 Å². The first kappa shape index (κ1) is 19.2. The largest absolute Gasteiger partial charge is 0.489 e. The van der Waals surface area contributed by atoms with Crippen LogP contribution in [0.3, 0.4) is 0 Å². The van der Waals surface area contributed by atoms with E-state index in [2.05, 4.69) is 22.3 Å². The molecule has 29 heavy (non-hydrogen) atoms. The number of anilines is 3. The molecule has 0 bridgehead atoms. The minimum atomic E-state index is 0.0819. The molecule has 6 heteroatoms. The molecule has 0 radical (unpaired) electrons. The summed E-state index contributed by atoms with van der Waals surface area (Å²) >= 11 is 0. The van der Waals surface area contributed by atoms with Crippen LogP contribution in [0.4, 0.5) is 17.5 Å². The second kappa shape index (κ2) is 8.92. The van der Waals surface area contributed by atoms with Gasteiger partial charge in [0.15, 0.2) is 0 Å². The van der Waals surface area contributed by atoms with E-state index in [4.69, 9.17) is 19.4 Å². The Morgan fingerprint density at radius 3 is 2.45 bits per heavy atom. The quantitative estimate of drug-likeness (QED) is 0.668. The molecule has 1 saturated heterocycles. The molecular weight excluding hydrogens is 364 g/mol. The van der Waals surface area contributed by atoms with Crippen molar-refractivity contribution in [2.45, 2.75) is 20.0 Å². The van der Waals surface area contributed by atoms with Crippen molar-refractivity contribution in [1.29, 1.82) is 0 Å². The van der Waals surface area contributed by atoms with Crippen LogP contribution in [-0.2, 0) is 4.74 Å². The molecule has 1 fully saturated rings. The van der Waals surface area contributed by atoms with Gasteiger partial charge < -0.3 is 19.7 Å². The van der Waals surface area contributed by atoms with E-state index in [9.17, 15) is 0 Å². The number of hydrogen-bond donors (Lipinski definition) is 1. The normalized spacial score (nSPS) is 14.1. The lowest BCUT2D eigenvalue weighted by Gasteiger charge is -2.28. The van der Waals surface area contributed by atoms with Crippen LogP contribution in [0.5, 0.6) is 5.75 Å². The van der Waals surface area contributed by atoms with Crippen molar-refractivity contribution >= 4 is 17.5 Å². The highest BCUT2D eigenvalue weighted by Gasteiger charge is 2.16. The third-order valence-corrected chi connectivity index (χ3v) is 4.61. The van der Waals surface area contributed by atoms with Gasteiger partial charge in [-0.25, -0.2) is 4.98 Å². The Hall–Kier alpha value is -3.12. The van der Waals surface area contributed by atoms with Gasteiger partial charge in [0.1, 0.15) is 11.6 Å². The first-order valence-electron chi connectivity index (χ1n) is 9.99. The van der Waals surface area contributed by atoms with Crippen LogP contribution in [-0.4, -0.2) is 42.4 Å². The number of rotatable bonds is 6. The highest BCUT2D eigenvalue weighted by Crippen LogP contribution is 2.30. The molecule has 6 nitrogen and oxygen atoms in total. The summed E-state index contributed by atoms with van der Waals surface area (Å²) in [6, 6.07) is 20.1. The maximum absolute atomic E-state index is 5.93. The van der Waals surface area contributed by atoms with Crippen molar-refractivity contribution in [2.24, 2.45) is 0 Å². The molecule has 1 aliphatic rings. The Morgan fingerprint density at radius 2 is 1.69 bits per heavy atom. The first-order valence-corrected chi connectivity index (χ1v) is 9.99. The Balaban J connectivity index is 1.71. The first-order chi connectivity index (χ1) is 14.2. The van der Waals surface area contributed by atoms with Crippen molar-refractivity contribution < 1.29 is 9.47 Å². The maximum atomic E-state index is 5.93. The molecule has 0 saturated carbocycles. The third kappa shape index (κ3) is 4.84. The Morgan fingerprint density at radius 1 is 0.966 bits per heavy atom. The van der Waals surface area contributed by atoms with Crippen LogP contribution in [0.2, 0.25) is 0 Å². The van der Waals surface area contributed by atoms with Gasteiger partial charge in [-0.05, 0) is 26.0 Å². The van der Waals surface area contributed by atoms with Crippen LogP contribution in [0.15, 0.2) is 60.7 Å². The van der Waals surface area contributed by atoms with E-state index in [-0.39, 0.29) is 6.10 Å². The van der Waals surface area contributed by atoms with Crippen LogP contribution in [0, 0.1) is 0 Å². The summed E-state index contributed by atoms with van der Waals surface area (Å²) in [6.45, 7) is 7.08. The van der Waals surface area contributed by atoms with E-state index < -0.39 is 0 Å². The zero-order valence-electron chi connectivity index (χ0n) is 16.8. The van der Waals surface area contributed by atoms with Crippen LogP contribution in [0.25, 0.3) is 11.3 Å². The van der Waals surface area contributed by atoms with Crippen LogP contribution in [0.1, 0.15) is 13.8 Å². The van der Waals surface area contributed by atoms with Gasteiger partial charge in [0.2, 0.25) is 5.95 Å². The maximum Gasteiger partial charge on any atom is 0.229 e. The Kier molecular flexibility index (Phi) is 5.91. The molecule has 150 valence electrons. The number of benzene rings is 2. The molecule has 1 aromatic heterocycles. The predicted octanol–water partition coefficient (Wildman–Crippen LogP) is 4.51. The highest BCUT2D eigenvalue weighted by molar-refractivity contribution is 5.68. The molecule has 1 N–H and O–H groups in total. The molecule has 0 atom stereocenters. The molecule has 2 heterocycles. The average Bonchev–Trinajstić information content (AvgIpc) is 2.76. The molecule has 4 rings (SSSR count). The van der Waals surface area contributed by atoms with Gasteiger partial charge in [-0.1, -0.05) is 42.5 Å². The van der Waals surface area contributed by atoms with Gasteiger partial charge in [-0.2, -0.15) is 4.98 Å². The summed E-state index contributed by atoms with van der Waals surface area (Å²) in [7, 11) is 0. The summed E-state index contributed by atoms with van der Waals surface area (Å²) < 4.78 is 11.4. The lowest BCUT2D eigenvalue weighted by atomic mass is 10.1. The number of para-hydroxylation sites is 2. The van der Waals surface area contributed by atoms with E-state index in [1.165, 1.54) is 0 Å². The molecule has 1 aliphatic heterocycles. The number of nitrogens with one attached hydrogen (secondary N) is 1. The highest BCUT2D eigenvalue weighted by atomic mass is 16.5. The Bertz CT molecular complexity index is 941. The van der Waals surface area contributed by atoms with Crippen molar-refractivity contribution in [3.8, 4) is 17.0 Å². The van der Waals surface area contributed by atoms with Gasteiger partial charge in [0.05, 0.1) is 30.7 Å². The zero-order valence-corrected chi connectivity index (χ0v) is 16.8. The fourth-order valence-corrected chi connectivity index (χ4v) is 3.25. The minimum Gasteiger partial charge on any atom is -0.489 e. The van der Waals surface area contributed by atoms with Gasteiger partial charge >= 0.3 is 0 Å². The van der Waals surface area contributed by atoms with Crippen molar-refractivity contribution in [1.82, 2.24) is 9.97 Å². The number of hydrogen-bond acceptors (Lipinski definition) is 6. The van der Waals surface area contributed by atoms with Gasteiger partial charge in [-0.15, -0.1) is 0 Å². The Labute approximate surface area is 171 Å². The summed E-state index contributed by atoms with van der Waals surface area (Å²) in [5.41, 5.74) is 2.78. The monoisotopic (exact) mass is 390 g/mol. The molecule has 2 aromatic carbocycles. The van der Waals surface area contributed by atoms with Gasteiger partial charge in [0, 0.05) is 24.7 Å². The fraction of sp³-hybridized carbons (Fsp3) is 0.304. The second-order valence-electron chi connectivity index (χ2n) is 7.19. The number of morpholine rings is 1. The van der Waals surface area contributed by atoms with Gasteiger partial charge in [0.25, 0.3) is 0 Å². The molecule has 0 amide bonds. The SMILES string of the molecule is CC(C)Oc1ccccc1Nc1nc(-c2ccccc2)cc(N2CCOCC2)n1. The second-order valence-corrected chi connectivity index (χ2v) is 7.19. The van der Waals surface area contributed by atoms with E-state index in [0.717, 1.165) is 41.6 Å². The third-order valence-electron chi connectivity index (χ3n) is 4.61. The van der Waals surface area contributed by atoms with Crippen molar-refractivity contribution in [3.05, 3.63) is 60.7 Å². The van der Waals surface area contributed by atoms with Crippen molar-refractivity contribution in [2.75, 3.05) is 36.5 Å². The molecule has 0 spiro atoms. The number of ether oxygens (including phenoxy) is 2. The lowest BCUT2D eigenvalue weighted by molar-refractivity contribution is 0.122. The summed E-state index contributed by atoms with van der Waals surface area (Å²) in [5, 5.41) is 3.36. The summed E-state index contributed by atoms with van der Waals surface area (Å²) in [4.78, 5) is 11.8. The smallest absolute Gasteiger partial charge is 0.229 e. The van der Waals surface area contributed by atoms with Crippen LogP contribution >= 0.6 is 0 Å². The van der Waals surface area contributed by atoms with E-state index in [1.807, 2.05) is 62.4 Å². The average molecular weight is 390 g/mol. The zero-order chi connectivity index (χ0) is 20.1. The van der Waals surface area contributed by atoms with Gasteiger partial charge in [-0.3, -0.25) is 0 Å². The van der Waals surface area contributed by atoms with Crippen molar-refractivity contribution in [3.63, 3.8) is 0 Å². The predicted molar refractivity (Wildman–Crippen MR) is 116 cm³/mol. The molecule has 0 aliphatic carbocycles. The standard InChI is InChI=1S/C23H26N4O2/c1-17(2)29-21-11-7-6-10-19(21)24-23-25-20(18-8-4-3-5-9-18)16-22(26-23)27-12-14-28-15-13-27/h3-11,16-17H,12-15H2,1-2H3,(H,24,25,26). The van der Waals surface area contributed by atoms with Crippen LogP contribution < -0.4 is 15.0 Å². The molecule has 0 unspecified atom stereocenters. The lowest BCUT2D eigenvalue weighted by Crippen LogP contribution is -2.36. The van der Waals surface area contributed by atoms with E-state index >= 15 is 0 Å². The number of aromatic nitrogens is 2. The molecule has 3 aromatic rings. The fourth-order valence-electron chi connectivity index (χ4n) is 3.25. The number of nitrogens with zero attached hydrogens (tertiary/aromatic N) is 3. The summed E-state index contributed by atoms with van der Waals surface area (Å²) in [6.07, 6.45) is 0.0819. The minimum absolute atomic E-state index is 0.0819.